The summed E-state index contributed by atoms with van der Waals surface area (Å²) in [5.41, 5.74) is 1.69. The number of sulfone groups is 1. The molecule has 5 nitrogen and oxygen atoms in total. The normalized spacial score (nSPS) is 11.1. The van der Waals surface area contributed by atoms with Gasteiger partial charge in [-0.1, -0.05) is 18.2 Å². The first-order valence-electron chi connectivity index (χ1n) is 5.91. The number of hydrogen-bond acceptors (Lipinski definition) is 4. The Morgan fingerprint density at radius 3 is 2.30 bits per heavy atom. The number of benzene rings is 1. The van der Waals surface area contributed by atoms with Gasteiger partial charge < -0.3 is 5.32 Å². The fourth-order valence-electron chi connectivity index (χ4n) is 1.72. The van der Waals surface area contributed by atoms with Gasteiger partial charge >= 0.3 is 0 Å². The van der Waals surface area contributed by atoms with Crippen molar-refractivity contribution in [3.63, 3.8) is 0 Å². The second-order valence-electron chi connectivity index (χ2n) is 4.28. The topological polar surface area (TPSA) is 76.1 Å². The Labute approximate surface area is 117 Å². The summed E-state index contributed by atoms with van der Waals surface area (Å²) in [6.07, 6.45) is 1.16. The number of nitrogens with zero attached hydrogens (tertiary/aromatic N) is 1. The van der Waals surface area contributed by atoms with Crippen LogP contribution in [0.5, 0.6) is 0 Å². The minimum absolute atomic E-state index is 0.253. The van der Waals surface area contributed by atoms with Gasteiger partial charge in [0.05, 0.1) is 10.6 Å². The van der Waals surface area contributed by atoms with Crippen LogP contribution in [0.25, 0.3) is 11.3 Å². The zero-order valence-corrected chi connectivity index (χ0v) is 11.9. The molecule has 0 atom stereocenters. The number of carbonyl (C=O) groups is 1. The van der Waals surface area contributed by atoms with Crippen molar-refractivity contribution in [2.75, 3.05) is 13.3 Å². The molecule has 1 heterocycles. The van der Waals surface area contributed by atoms with Gasteiger partial charge in [0.15, 0.2) is 9.84 Å². The van der Waals surface area contributed by atoms with Crippen molar-refractivity contribution in [2.24, 2.45) is 0 Å². The van der Waals surface area contributed by atoms with Gasteiger partial charge in [0.2, 0.25) is 0 Å². The van der Waals surface area contributed by atoms with E-state index in [0.29, 0.717) is 11.4 Å². The van der Waals surface area contributed by atoms with Crippen molar-refractivity contribution in [1.29, 1.82) is 0 Å². The van der Waals surface area contributed by atoms with Crippen molar-refractivity contribution >= 4 is 15.7 Å². The highest BCUT2D eigenvalue weighted by Gasteiger charge is 2.09. The molecular formula is C14H14N2O3S. The molecule has 0 aliphatic carbocycles. The van der Waals surface area contributed by atoms with Crippen LogP contribution >= 0.6 is 0 Å². The lowest BCUT2D eigenvalue weighted by Gasteiger charge is -2.05. The van der Waals surface area contributed by atoms with E-state index in [4.69, 9.17) is 0 Å². The molecule has 1 aromatic heterocycles. The molecule has 0 saturated heterocycles. The van der Waals surface area contributed by atoms with Crippen LogP contribution in [0, 0.1) is 0 Å². The lowest BCUT2D eigenvalue weighted by atomic mass is 10.1. The number of amides is 1. The summed E-state index contributed by atoms with van der Waals surface area (Å²) >= 11 is 0. The molecule has 0 bridgehead atoms. The van der Waals surface area contributed by atoms with E-state index >= 15 is 0 Å². The van der Waals surface area contributed by atoms with Gasteiger partial charge in [-0.15, -0.1) is 0 Å². The molecule has 2 aromatic rings. The minimum Gasteiger partial charge on any atom is -0.354 e. The number of rotatable bonds is 3. The van der Waals surface area contributed by atoms with Gasteiger partial charge in [-0.05, 0) is 24.3 Å². The van der Waals surface area contributed by atoms with E-state index in [9.17, 15) is 13.2 Å². The lowest BCUT2D eigenvalue weighted by Crippen LogP contribution is -2.19. The summed E-state index contributed by atoms with van der Waals surface area (Å²) in [7, 11) is -1.67. The van der Waals surface area contributed by atoms with Crippen LogP contribution in [0.4, 0.5) is 0 Å². The summed E-state index contributed by atoms with van der Waals surface area (Å²) in [6.45, 7) is 0. The second-order valence-corrected chi connectivity index (χ2v) is 6.30. The summed E-state index contributed by atoms with van der Waals surface area (Å²) in [4.78, 5) is 16.0. The molecule has 20 heavy (non-hydrogen) atoms. The SMILES string of the molecule is CNC(=O)c1cccc(-c2ccc(S(C)(=O)=O)cc2)n1. The van der Waals surface area contributed by atoms with Crippen LogP contribution in [0.3, 0.4) is 0 Å². The van der Waals surface area contributed by atoms with Crippen LogP contribution in [0.2, 0.25) is 0 Å². The maximum Gasteiger partial charge on any atom is 0.269 e. The molecule has 104 valence electrons. The summed E-state index contributed by atoms with van der Waals surface area (Å²) < 4.78 is 22.8. The Hall–Kier alpha value is -2.21. The molecule has 0 aliphatic heterocycles. The zero-order valence-electron chi connectivity index (χ0n) is 11.1. The van der Waals surface area contributed by atoms with Crippen molar-refractivity contribution < 1.29 is 13.2 Å². The van der Waals surface area contributed by atoms with Crippen LogP contribution in [0.15, 0.2) is 47.4 Å². The molecule has 2 rings (SSSR count). The number of pyridine rings is 1. The van der Waals surface area contributed by atoms with Crippen LogP contribution < -0.4 is 5.32 Å². The van der Waals surface area contributed by atoms with Crippen molar-refractivity contribution in [2.45, 2.75) is 4.90 Å². The van der Waals surface area contributed by atoms with E-state index in [1.807, 2.05) is 0 Å². The average Bonchev–Trinajstić information content (AvgIpc) is 2.46. The Kier molecular flexibility index (Phi) is 3.85. The molecule has 0 unspecified atom stereocenters. The fraction of sp³-hybridized carbons (Fsp3) is 0.143. The number of aromatic nitrogens is 1. The average molecular weight is 290 g/mol. The first-order valence-corrected chi connectivity index (χ1v) is 7.80. The fourth-order valence-corrected chi connectivity index (χ4v) is 2.35. The van der Waals surface area contributed by atoms with Gasteiger partial charge in [-0.3, -0.25) is 4.79 Å². The molecule has 1 aromatic carbocycles. The summed E-state index contributed by atoms with van der Waals surface area (Å²) in [6, 6.07) is 11.5. The second kappa shape index (κ2) is 5.42. The van der Waals surface area contributed by atoms with Gasteiger partial charge in [-0.2, -0.15) is 0 Å². The summed E-state index contributed by atoms with van der Waals surface area (Å²) in [5.74, 6) is -0.264. The van der Waals surface area contributed by atoms with E-state index in [-0.39, 0.29) is 10.8 Å². The van der Waals surface area contributed by atoms with Gasteiger partial charge in [0, 0.05) is 18.9 Å². The Morgan fingerprint density at radius 1 is 1.10 bits per heavy atom. The highest BCUT2D eigenvalue weighted by atomic mass is 32.2. The predicted octanol–water partition coefficient (Wildman–Crippen LogP) is 1.51. The van der Waals surface area contributed by atoms with E-state index in [1.165, 1.54) is 19.2 Å². The molecule has 0 fully saturated rings. The molecule has 1 amide bonds. The van der Waals surface area contributed by atoms with Gasteiger partial charge in [0.1, 0.15) is 5.69 Å². The molecular weight excluding hydrogens is 276 g/mol. The largest absolute Gasteiger partial charge is 0.354 e. The molecule has 6 heteroatoms. The van der Waals surface area contributed by atoms with Crippen LogP contribution in [-0.4, -0.2) is 32.6 Å². The van der Waals surface area contributed by atoms with Gasteiger partial charge in [-0.25, -0.2) is 13.4 Å². The van der Waals surface area contributed by atoms with Crippen LogP contribution in [0.1, 0.15) is 10.5 Å². The van der Waals surface area contributed by atoms with E-state index in [1.54, 1.807) is 30.3 Å². The Morgan fingerprint density at radius 2 is 1.75 bits per heavy atom. The Balaban J connectivity index is 2.40. The predicted molar refractivity (Wildman–Crippen MR) is 76.2 cm³/mol. The van der Waals surface area contributed by atoms with E-state index in [0.717, 1.165) is 11.8 Å². The highest BCUT2D eigenvalue weighted by molar-refractivity contribution is 7.90. The number of hydrogen-bond donors (Lipinski definition) is 1. The standard InChI is InChI=1S/C14H14N2O3S/c1-15-14(17)13-5-3-4-12(16-13)10-6-8-11(9-7-10)20(2,18)19/h3-9H,1-2H3,(H,15,17). The molecule has 0 radical (unpaired) electrons. The van der Waals surface area contributed by atoms with Gasteiger partial charge in [0.25, 0.3) is 5.91 Å². The molecule has 0 spiro atoms. The third-order valence-electron chi connectivity index (χ3n) is 2.79. The highest BCUT2D eigenvalue weighted by Crippen LogP contribution is 2.19. The molecule has 0 aliphatic rings. The lowest BCUT2D eigenvalue weighted by molar-refractivity contribution is 0.0958. The first-order chi connectivity index (χ1) is 9.41. The smallest absolute Gasteiger partial charge is 0.269 e. The first kappa shape index (κ1) is 14.2. The van der Waals surface area contributed by atoms with Crippen molar-refractivity contribution in [3.8, 4) is 11.3 Å². The van der Waals surface area contributed by atoms with E-state index in [2.05, 4.69) is 10.3 Å². The minimum atomic E-state index is -3.21. The number of nitrogens with one attached hydrogen (secondary N) is 1. The third-order valence-corrected chi connectivity index (χ3v) is 3.92. The van der Waals surface area contributed by atoms with Crippen LogP contribution in [-0.2, 0) is 9.84 Å². The third kappa shape index (κ3) is 3.03. The molecule has 1 N–H and O–H groups in total. The monoisotopic (exact) mass is 290 g/mol. The maximum atomic E-state index is 11.5. The Bertz CT molecular complexity index is 737. The molecule has 0 saturated carbocycles. The van der Waals surface area contributed by atoms with Crippen molar-refractivity contribution in [3.05, 3.63) is 48.2 Å². The zero-order chi connectivity index (χ0) is 14.8. The quantitative estimate of drug-likeness (QED) is 0.929. The van der Waals surface area contributed by atoms with E-state index < -0.39 is 9.84 Å². The number of carbonyl (C=O) groups excluding carboxylic acids is 1. The maximum absolute atomic E-state index is 11.5. The van der Waals surface area contributed by atoms with Crippen molar-refractivity contribution in [1.82, 2.24) is 10.3 Å². The summed E-state index contributed by atoms with van der Waals surface area (Å²) in [5, 5.41) is 2.51.